The Kier molecular flexibility index (Phi) is 1.29. The summed E-state index contributed by atoms with van der Waals surface area (Å²) in [5, 5.41) is 6.49. The van der Waals surface area contributed by atoms with Crippen LogP contribution in [0.5, 0.6) is 0 Å². The van der Waals surface area contributed by atoms with Crippen molar-refractivity contribution in [2.45, 2.75) is 19.4 Å². The number of nitrogens with one attached hydrogen (secondary N) is 1. The van der Waals surface area contributed by atoms with Crippen molar-refractivity contribution >= 4 is 0 Å². The Morgan fingerprint density at radius 3 is 2.56 bits per heavy atom. The molecule has 1 heterocycles. The monoisotopic (exact) mass is 125 g/mol. The molecular formula is C6H11N3. The molecule has 0 bridgehead atoms. The Balaban J connectivity index is 2.90. The van der Waals surface area contributed by atoms with Crippen molar-refractivity contribution in [2.24, 2.45) is 5.73 Å². The van der Waals surface area contributed by atoms with Crippen molar-refractivity contribution < 1.29 is 0 Å². The molecule has 0 fully saturated rings. The molecule has 3 N–H and O–H groups in total. The Bertz CT molecular complexity index is 171. The highest BCUT2D eigenvalue weighted by atomic mass is 15.1. The lowest BCUT2D eigenvalue weighted by molar-refractivity contribution is 0.555. The smallest absolute Gasteiger partial charge is 0.0537 e. The normalized spacial score (nSPS) is 11.9. The molecule has 0 spiro atoms. The van der Waals surface area contributed by atoms with Crippen molar-refractivity contribution in [3.05, 3.63) is 18.0 Å². The standard InChI is InChI=1S/C6H11N3/c1-6(2,7)5-3-8-9-4-5/h3-4H,7H2,1-2H3,(H,8,9). The predicted molar refractivity (Wildman–Crippen MR) is 35.8 cm³/mol. The number of nitrogens with zero attached hydrogens (tertiary/aromatic N) is 1. The lowest BCUT2D eigenvalue weighted by Crippen LogP contribution is -2.27. The van der Waals surface area contributed by atoms with Gasteiger partial charge < -0.3 is 5.73 Å². The molecule has 0 aliphatic heterocycles. The molecule has 0 amide bonds. The molecule has 0 saturated heterocycles. The van der Waals surface area contributed by atoms with Crippen molar-refractivity contribution in [1.82, 2.24) is 10.2 Å². The van der Waals surface area contributed by atoms with Crippen LogP contribution in [0.2, 0.25) is 0 Å². The fourth-order valence-corrected chi connectivity index (χ4v) is 0.603. The van der Waals surface area contributed by atoms with E-state index in [9.17, 15) is 0 Å². The third kappa shape index (κ3) is 1.29. The molecule has 3 heteroatoms. The molecule has 3 nitrogen and oxygen atoms in total. The van der Waals surface area contributed by atoms with E-state index in [2.05, 4.69) is 10.2 Å². The third-order valence-electron chi connectivity index (χ3n) is 1.24. The van der Waals surface area contributed by atoms with Gasteiger partial charge in [0.15, 0.2) is 0 Å². The van der Waals surface area contributed by atoms with Gasteiger partial charge in [-0.25, -0.2) is 0 Å². The van der Waals surface area contributed by atoms with Gasteiger partial charge >= 0.3 is 0 Å². The molecule has 0 unspecified atom stereocenters. The number of hydrogen-bond acceptors (Lipinski definition) is 2. The van der Waals surface area contributed by atoms with Gasteiger partial charge in [-0.3, -0.25) is 5.10 Å². The van der Waals surface area contributed by atoms with Crippen molar-refractivity contribution in [1.29, 1.82) is 0 Å². The minimum Gasteiger partial charge on any atom is -0.322 e. The van der Waals surface area contributed by atoms with Crippen LogP contribution in [0.25, 0.3) is 0 Å². The maximum atomic E-state index is 5.74. The Morgan fingerprint density at radius 2 is 2.33 bits per heavy atom. The number of nitrogens with two attached hydrogens (primary N) is 1. The van der Waals surface area contributed by atoms with Crippen LogP contribution in [-0.4, -0.2) is 10.2 Å². The van der Waals surface area contributed by atoms with E-state index in [1.54, 1.807) is 12.4 Å². The quantitative estimate of drug-likeness (QED) is 0.577. The van der Waals surface area contributed by atoms with Crippen molar-refractivity contribution in [3.63, 3.8) is 0 Å². The molecule has 9 heavy (non-hydrogen) atoms. The minimum atomic E-state index is -0.271. The summed E-state index contributed by atoms with van der Waals surface area (Å²) in [4.78, 5) is 0. The predicted octanol–water partition coefficient (Wildman–Crippen LogP) is 0.603. The molecule has 0 saturated carbocycles. The zero-order valence-electron chi connectivity index (χ0n) is 5.68. The van der Waals surface area contributed by atoms with E-state index in [1.165, 1.54) is 0 Å². The van der Waals surface area contributed by atoms with Crippen LogP contribution in [0.4, 0.5) is 0 Å². The largest absolute Gasteiger partial charge is 0.322 e. The average molecular weight is 125 g/mol. The van der Waals surface area contributed by atoms with E-state index in [1.807, 2.05) is 13.8 Å². The highest BCUT2D eigenvalue weighted by Crippen LogP contribution is 2.12. The molecule has 0 radical (unpaired) electrons. The molecular weight excluding hydrogens is 114 g/mol. The maximum Gasteiger partial charge on any atom is 0.0537 e. The first-order chi connectivity index (χ1) is 4.11. The summed E-state index contributed by atoms with van der Waals surface area (Å²) in [5.41, 5.74) is 6.50. The van der Waals surface area contributed by atoms with Gasteiger partial charge in [0.05, 0.1) is 6.20 Å². The van der Waals surface area contributed by atoms with Crippen LogP contribution in [0.1, 0.15) is 19.4 Å². The van der Waals surface area contributed by atoms with Crippen LogP contribution in [-0.2, 0) is 5.54 Å². The fourth-order valence-electron chi connectivity index (χ4n) is 0.603. The van der Waals surface area contributed by atoms with E-state index in [4.69, 9.17) is 5.73 Å². The number of aromatic nitrogens is 2. The van der Waals surface area contributed by atoms with Crippen molar-refractivity contribution in [3.8, 4) is 0 Å². The van der Waals surface area contributed by atoms with E-state index in [0.717, 1.165) is 5.56 Å². The van der Waals surface area contributed by atoms with Crippen LogP contribution in [0.15, 0.2) is 12.4 Å². The summed E-state index contributed by atoms with van der Waals surface area (Å²) in [6.07, 6.45) is 3.54. The molecule has 50 valence electrons. The molecule has 0 aromatic carbocycles. The van der Waals surface area contributed by atoms with Crippen molar-refractivity contribution in [2.75, 3.05) is 0 Å². The third-order valence-corrected chi connectivity index (χ3v) is 1.24. The zero-order chi connectivity index (χ0) is 6.91. The molecule has 1 aromatic rings. The summed E-state index contributed by atoms with van der Waals surface area (Å²) >= 11 is 0. The average Bonchev–Trinajstić information content (AvgIpc) is 2.08. The topological polar surface area (TPSA) is 54.7 Å². The van der Waals surface area contributed by atoms with Gasteiger partial charge in [0, 0.05) is 17.3 Å². The number of H-pyrrole nitrogens is 1. The highest BCUT2D eigenvalue weighted by molar-refractivity contribution is 5.13. The minimum absolute atomic E-state index is 0.271. The van der Waals surface area contributed by atoms with Gasteiger partial charge in [-0.1, -0.05) is 0 Å². The molecule has 1 rings (SSSR count). The second kappa shape index (κ2) is 1.84. The molecule has 0 atom stereocenters. The molecule has 0 aliphatic rings. The maximum absolute atomic E-state index is 5.74. The lowest BCUT2D eigenvalue weighted by atomic mass is 10.0. The molecule has 0 aliphatic carbocycles. The first-order valence-electron chi connectivity index (χ1n) is 2.89. The van der Waals surface area contributed by atoms with Crippen LogP contribution in [0.3, 0.4) is 0 Å². The van der Waals surface area contributed by atoms with Gasteiger partial charge in [0.1, 0.15) is 0 Å². The highest BCUT2D eigenvalue weighted by Gasteiger charge is 2.13. The first-order valence-corrected chi connectivity index (χ1v) is 2.89. The summed E-state index contributed by atoms with van der Waals surface area (Å²) in [5.74, 6) is 0. The number of rotatable bonds is 1. The van der Waals surface area contributed by atoms with Crippen LogP contribution >= 0.6 is 0 Å². The van der Waals surface area contributed by atoms with E-state index in [0.29, 0.717) is 0 Å². The van der Waals surface area contributed by atoms with Gasteiger partial charge in [0.2, 0.25) is 0 Å². The summed E-state index contributed by atoms with van der Waals surface area (Å²) in [6, 6.07) is 0. The Morgan fingerprint density at radius 1 is 1.67 bits per heavy atom. The van der Waals surface area contributed by atoms with Crippen LogP contribution in [0, 0.1) is 0 Å². The Labute approximate surface area is 54.3 Å². The van der Waals surface area contributed by atoms with Gasteiger partial charge in [-0.05, 0) is 13.8 Å². The Hall–Kier alpha value is -0.830. The summed E-state index contributed by atoms with van der Waals surface area (Å²) in [7, 11) is 0. The first kappa shape index (κ1) is 6.29. The second-order valence-corrected chi connectivity index (χ2v) is 2.71. The number of aromatic amines is 1. The molecule has 1 aromatic heterocycles. The number of hydrogen-bond donors (Lipinski definition) is 2. The SMILES string of the molecule is CC(C)(N)c1cn[nH]c1. The summed E-state index contributed by atoms with van der Waals surface area (Å²) < 4.78 is 0. The fraction of sp³-hybridized carbons (Fsp3) is 0.500. The van der Waals surface area contributed by atoms with E-state index in [-0.39, 0.29) is 5.54 Å². The summed E-state index contributed by atoms with van der Waals surface area (Å²) in [6.45, 7) is 3.88. The van der Waals surface area contributed by atoms with Crippen LogP contribution < -0.4 is 5.73 Å². The van der Waals surface area contributed by atoms with Gasteiger partial charge in [-0.2, -0.15) is 5.10 Å². The second-order valence-electron chi connectivity index (χ2n) is 2.71. The van der Waals surface area contributed by atoms with Gasteiger partial charge in [-0.15, -0.1) is 0 Å². The lowest BCUT2D eigenvalue weighted by Gasteiger charge is -2.14. The zero-order valence-corrected chi connectivity index (χ0v) is 5.68. The van der Waals surface area contributed by atoms with E-state index < -0.39 is 0 Å². The van der Waals surface area contributed by atoms with Gasteiger partial charge in [0.25, 0.3) is 0 Å². The van der Waals surface area contributed by atoms with E-state index >= 15 is 0 Å².